The molecule has 0 atom stereocenters. The second-order valence-corrected chi connectivity index (χ2v) is 0.743. The van der Waals surface area contributed by atoms with Crippen molar-refractivity contribution >= 4 is 0 Å². The summed E-state index contributed by atoms with van der Waals surface area (Å²) in [6, 6.07) is 0. The van der Waals surface area contributed by atoms with E-state index in [1.54, 1.807) is 0 Å². The molecule has 0 saturated heterocycles. The predicted molar refractivity (Wildman–Crippen MR) is 23.5 cm³/mol. The van der Waals surface area contributed by atoms with Crippen LogP contribution in [0.1, 0.15) is 13.3 Å². The molecule has 0 N–H and O–H groups in total. The van der Waals surface area contributed by atoms with Gasteiger partial charge in [0.2, 0.25) is 0 Å². The highest BCUT2D eigenvalue weighted by Crippen LogP contribution is 1.70. The molecule has 0 aromatic rings. The molecule has 0 fully saturated rings. The molecule has 0 aliphatic carbocycles. The van der Waals surface area contributed by atoms with Crippen molar-refractivity contribution in [2.75, 3.05) is 0 Å². The molecule has 0 unspecified atom stereocenters. The predicted octanol–water partition coefficient (Wildman–Crippen LogP) is 1.59. The van der Waals surface area contributed by atoms with E-state index < -0.39 is 0 Å². The highest BCUT2D eigenvalue weighted by atomic mass is 13.6. The Labute approximate surface area is 33.5 Å². The van der Waals surface area contributed by atoms with Gasteiger partial charge in [0.25, 0.3) is 0 Å². The van der Waals surface area contributed by atoms with Crippen LogP contribution in [-0.4, -0.2) is 0 Å². The fraction of sp³-hybridized carbons (Fsp3) is 0.400. The minimum absolute atomic E-state index is 0.788. The van der Waals surface area contributed by atoms with Gasteiger partial charge < -0.3 is 0 Å². The van der Waals surface area contributed by atoms with Gasteiger partial charge in [-0.2, -0.15) is 0 Å². The Balaban J connectivity index is 2.62. The summed E-state index contributed by atoms with van der Waals surface area (Å²) >= 11 is 0. The van der Waals surface area contributed by atoms with Crippen molar-refractivity contribution in [3.05, 3.63) is 19.1 Å². The normalized spacial score (nSPS) is 10.0. The Morgan fingerprint density at radius 3 is 2.60 bits per heavy atom. The fourth-order valence-corrected chi connectivity index (χ4v) is 0.144. The SMILES string of the molecule is [CH2]C[C]=CC. The van der Waals surface area contributed by atoms with Crippen LogP contribution in [0.5, 0.6) is 0 Å². The average Bonchev–Trinajstić information content (AvgIpc) is 1.41. The standard InChI is InChI=1S/C5H8/c1-3-5-4-2/h4H,1,3H2,2H3. The lowest BCUT2D eigenvalue weighted by atomic mass is 10.4. The summed E-state index contributed by atoms with van der Waals surface area (Å²) in [5.74, 6) is 0. The van der Waals surface area contributed by atoms with Gasteiger partial charge in [-0.1, -0.05) is 6.08 Å². The van der Waals surface area contributed by atoms with Crippen LogP contribution in [0, 0.1) is 13.0 Å². The van der Waals surface area contributed by atoms with Gasteiger partial charge >= 0.3 is 0 Å². The van der Waals surface area contributed by atoms with Crippen molar-refractivity contribution in [1.29, 1.82) is 0 Å². The summed E-state index contributed by atoms with van der Waals surface area (Å²) in [5.41, 5.74) is 0. The molecular weight excluding hydrogens is 60.1 g/mol. The van der Waals surface area contributed by atoms with Gasteiger partial charge in [0.05, 0.1) is 0 Å². The second kappa shape index (κ2) is 3.74. The van der Waals surface area contributed by atoms with Crippen molar-refractivity contribution in [2.24, 2.45) is 0 Å². The van der Waals surface area contributed by atoms with Gasteiger partial charge in [0, 0.05) is 0 Å². The Morgan fingerprint density at radius 2 is 2.60 bits per heavy atom. The number of hydrogen-bond acceptors (Lipinski definition) is 0. The van der Waals surface area contributed by atoms with Crippen LogP contribution >= 0.6 is 0 Å². The summed E-state index contributed by atoms with van der Waals surface area (Å²) in [5, 5.41) is 0. The Kier molecular flexibility index (Phi) is 3.55. The molecule has 28 valence electrons. The van der Waals surface area contributed by atoms with Gasteiger partial charge in [0.1, 0.15) is 0 Å². The zero-order valence-corrected chi connectivity index (χ0v) is 3.49. The first kappa shape index (κ1) is 4.74. The summed E-state index contributed by atoms with van der Waals surface area (Å²) in [6.45, 7) is 5.47. The van der Waals surface area contributed by atoms with E-state index in [1.807, 2.05) is 13.0 Å². The van der Waals surface area contributed by atoms with E-state index in [1.165, 1.54) is 0 Å². The van der Waals surface area contributed by atoms with Crippen LogP contribution < -0.4 is 0 Å². The van der Waals surface area contributed by atoms with Crippen molar-refractivity contribution in [1.82, 2.24) is 0 Å². The zero-order chi connectivity index (χ0) is 4.12. The van der Waals surface area contributed by atoms with Crippen molar-refractivity contribution in [3.8, 4) is 0 Å². The van der Waals surface area contributed by atoms with Crippen molar-refractivity contribution < 1.29 is 0 Å². The lowest BCUT2D eigenvalue weighted by Gasteiger charge is -1.63. The summed E-state index contributed by atoms with van der Waals surface area (Å²) in [7, 11) is 0. The highest BCUT2D eigenvalue weighted by Gasteiger charge is 1.54. The molecule has 0 aromatic heterocycles. The van der Waals surface area contributed by atoms with E-state index in [4.69, 9.17) is 0 Å². The molecule has 0 aliphatic heterocycles. The van der Waals surface area contributed by atoms with Crippen LogP contribution in [-0.2, 0) is 0 Å². The number of rotatable bonds is 1. The smallest absolute Gasteiger partial charge is 0.0279 e. The van der Waals surface area contributed by atoms with Crippen molar-refractivity contribution in [3.63, 3.8) is 0 Å². The quantitative estimate of drug-likeness (QED) is 0.437. The molecule has 0 nitrogen and oxygen atoms in total. The summed E-state index contributed by atoms with van der Waals surface area (Å²) in [4.78, 5) is 0. The van der Waals surface area contributed by atoms with E-state index >= 15 is 0 Å². The monoisotopic (exact) mass is 68.1 g/mol. The van der Waals surface area contributed by atoms with Gasteiger partial charge in [-0.05, 0) is 26.3 Å². The number of hydrogen-bond donors (Lipinski definition) is 0. The van der Waals surface area contributed by atoms with Gasteiger partial charge in [-0.15, -0.1) is 0 Å². The Bertz CT molecular complexity index is 27.0. The van der Waals surface area contributed by atoms with E-state index in [0.29, 0.717) is 0 Å². The van der Waals surface area contributed by atoms with Crippen LogP contribution in [0.3, 0.4) is 0 Å². The average molecular weight is 68.1 g/mol. The van der Waals surface area contributed by atoms with Crippen LogP contribution in [0.25, 0.3) is 0 Å². The van der Waals surface area contributed by atoms with Gasteiger partial charge in [0.15, 0.2) is 0 Å². The molecule has 2 radical (unpaired) electrons. The van der Waals surface area contributed by atoms with Crippen LogP contribution in [0.4, 0.5) is 0 Å². The molecule has 0 heteroatoms. The first-order chi connectivity index (χ1) is 2.41. The van der Waals surface area contributed by atoms with Gasteiger partial charge in [-0.25, -0.2) is 0 Å². The second-order valence-electron chi connectivity index (χ2n) is 0.743. The van der Waals surface area contributed by atoms with E-state index in [2.05, 4.69) is 13.0 Å². The minimum atomic E-state index is 0.788. The molecule has 0 rings (SSSR count). The summed E-state index contributed by atoms with van der Waals surface area (Å²) < 4.78 is 0. The largest absolute Gasteiger partial charge is 0.0842 e. The number of allylic oxidation sites excluding steroid dienone is 2. The molecular formula is C5H8. The summed E-state index contributed by atoms with van der Waals surface area (Å²) in [6.07, 6.45) is 5.53. The Morgan fingerprint density at radius 1 is 2.00 bits per heavy atom. The zero-order valence-electron chi connectivity index (χ0n) is 3.49. The topological polar surface area (TPSA) is 0 Å². The minimum Gasteiger partial charge on any atom is -0.0842 e. The van der Waals surface area contributed by atoms with Crippen LogP contribution in [0.15, 0.2) is 6.08 Å². The lowest BCUT2D eigenvalue weighted by Crippen LogP contribution is -1.46. The molecule has 5 heavy (non-hydrogen) atoms. The maximum atomic E-state index is 3.53. The molecule has 0 aromatic carbocycles. The molecule has 0 aliphatic rings. The molecule has 0 saturated carbocycles. The molecule has 0 bridgehead atoms. The molecule has 0 heterocycles. The Hall–Kier alpha value is -0.260. The third-order valence-electron chi connectivity index (χ3n) is 0.348. The van der Waals surface area contributed by atoms with E-state index in [9.17, 15) is 0 Å². The first-order valence-electron chi connectivity index (χ1n) is 1.72. The van der Waals surface area contributed by atoms with Crippen molar-refractivity contribution in [2.45, 2.75) is 13.3 Å². The maximum Gasteiger partial charge on any atom is -0.0279 e. The lowest BCUT2D eigenvalue weighted by molar-refractivity contribution is 1.33. The van der Waals surface area contributed by atoms with E-state index in [0.717, 1.165) is 6.42 Å². The fourth-order valence-electron chi connectivity index (χ4n) is 0.144. The van der Waals surface area contributed by atoms with E-state index in [-0.39, 0.29) is 0 Å². The first-order valence-corrected chi connectivity index (χ1v) is 1.72. The maximum absolute atomic E-state index is 3.53. The third-order valence-corrected chi connectivity index (χ3v) is 0.348. The molecule has 0 spiro atoms. The van der Waals surface area contributed by atoms with Gasteiger partial charge in [-0.3, -0.25) is 0 Å². The highest BCUT2D eigenvalue weighted by molar-refractivity contribution is 4.66. The molecule has 0 amide bonds. The third kappa shape index (κ3) is 3.74. The van der Waals surface area contributed by atoms with Crippen LogP contribution in [0.2, 0.25) is 0 Å².